The van der Waals surface area contributed by atoms with Crippen molar-refractivity contribution in [3.8, 4) is 5.75 Å². The largest absolute Gasteiger partial charge is 0.497 e. The minimum atomic E-state index is -0.750. The fraction of sp³-hybridized carbons (Fsp3) is 0.300. The van der Waals surface area contributed by atoms with Gasteiger partial charge in [0.15, 0.2) is 0 Å². The molecule has 0 heterocycles. The molecular weight excluding hydrogens is 330 g/mol. The molecule has 1 atom stereocenters. The normalized spacial score (nSPS) is 11.5. The number of carbonyl (C=O) groups is 2. The molecule has 3 N–H and O–H groups in total. The first kappa shape index (κ1) is 19.5. The molecule has 0 radical (unpaired) electrons. The standard InChI is InChI=1S/C20H25N3O3/c1-21-13-6-14-22-20(25)18(15-7-4-3-5-8-15)23-19(24)16-9-11-17(26-2)12-10-16/h3-5,7-12,18,21H,6,13-14H2,1-2H3,(H,22,25)(H,23,24). The molecule has 0 fully saturated rings. The van der Waals surface area contributed by atoms with Crippen LogP contribution < -0.4 is 20.7 Å². The first-order chi connectivity index (χ1) is 12.7. The van der Waals surface area contributed by atoms with E-state index in [1.54, 1.807) is 31.4 Å². The highest BCUT2D eigenvalue weighted by Gasteiger charge is 2.22. The van der Waals surface area contributed by atoms with E-state index in [4.69, 9.17) is 4.74 Å². The van der Waals surface area contributed by atoms with Gasteiger partial charge in [-0.3, -0.25) is 9.59 Å². The van der Waals surface area contributed by atoms with Crippen molar-refractivity contribution >= 4 is 11.8 Å². The van der Waals surface area contributed by atoms with Gasteiger partial charge < -0.3 is 20.7 Å². The number of methoxy groups -OCH3 is 1. The van der Waals surface area contributed by atoms with Gasteiger partial charge in [0.25, 0.3) is 5.91 Å². The second-order valence-corrected chi connectivity index (χ2v) is 5.79. The predicted octanol–water partition coefficient (Wildman–Crippen LogP) is 1.89. The molecule has 0 bridgehead atoms. The summed E-state index contributed by atoms with van der Waals surface area (Å²) in [5.41, 5.74) is 1.20. The van der Waals surface area contributed by atoms with Gasteiger partial charge in [-0.2, -0.15) is 0 Å². The third kappa shape index (κ3) is 5.60. The van der Waals surface area contributed by atoms with Crippen molar-refractivity contribution in [3.05, 3.63) is 65.7 Å². The van der Waals surface area contributed by atoms with Gasteiger partial charge in [-0.15, -0.1) is 0 Å². The number of hydrogen-bond acceptors (Lipinski definition) is 4. The quantitative estimate of drug-likeness (QED) is 0.600. The molecule has 0 aromatic heterocycles. The zero-order chi connectivity index (χ0) is 18.8. The van der Waals surface area contributed by atoms with E-state index in [1.807, 2.05) is 37.4 Å². The average molecular weight is 355 g/mol. The molecule has 0 aliphatic carbocycles. The van der Waals surface area contributed by atoms with Gasteiger partial charge >= 0.3 is 0 Å². The van der Waals surface area contributed by atoms with E-state index in [0.717, 1.165) is 18.5 Å². The van der Waals surface area contributed by atoms with Crippen LogP contribution >= 0.6 is 0 Å². The molecule has 26 heavy (non-hydrogen) atoms. The molecule has 1 unspecified atom stereocenters. The Morgan fingerprint density at radius 2 is 1.69 bits per heavy atom. The fourth-order valence-electron chi connectivity index (χ4n) is 2.48. The van der Waals surface area contributed by atoms with E-state index in [9.17, 15) is 9.59 Å². The highest BCUT2D eigenvalue weighted by molar-refractivity contribution is 5.98. The Morgan fingerprint density at radius 1 is 1.00 bits per heavy atom. The Kier molecular flexibility index (Phi) is 7.64. The van der Waals surface area contributed by atoms with Gasteiger partial charge in [-0.05, 0) is 49.8 Å². The van der Waals surface area contributed by atoms with Crippen molar-refractivity contribution in [2.45, 2.75) is 12.5 Å². The van der Waals surface area contributed by atoms with Crippen molar-refractivity contribution in [2.75, 3.05) is 27.2 Å². The summed E-state index contributed by atoms with van der Waals surface area (Å²) < 4.78 is 5.10. The van der Waals surface area contributed by atoms with Crippen molar-refractivity contribution < 1.29 is 14.3 Å². The van der Waals surface area contributed by atoms with E-state index >= 15 is 0 Å². The summed E-state index contributed by atoms with van der Waals surface area (Å²) in [6.07, 6.45) is 0.816. The highest BCUT2D eigenvalue weighted by Crippen LogP contribution is 2.16. The molecule has 2 amide bonds. The van der Waals surface area contributed by atoms with Crippen LogP contribution in [0.15, 0.2) is 54.6 Å². The predicted molar refractivity (Wildman–Crippen MR) is 101 cm³/mol. The lowest BCUT2D eigenvalue weighted by Crippen LogP contribution is -2.41. The van der Waals surface area contributed by atoms with Crippen LogP contribution in [0.25, 0.3) is 0 Å². The maximum absolute atomic E-state index is 12.6. The van der Waals surface area contributed by atoms with Crippen molar-refractivity contribution in [3.63, 3.8) is 0 Å². The SMILES string of the molecule is CNCCCNC(=O)C(NC(=O)c1ccc(OC)cc1)c1ccccc1. The third-order valence-electron chi connectivity index (χ3n) is 3.93. The van der Waals surface area contributed by atoms with Gasteiger partial charge in [0.1, 0.15) is 11.8 Å². The van der Waals surface area contributed by atoms with E-state index in [1.165, 1.54) is 0 Å². The second-order valence-electron chi connectivity index (χ2n) is 5.79. The smallest absolute Gasteiger partial charge is 0.252 e. The van der Waals surface area contributed by atoms with Crippen LogP contribution in [0.3, 0.4) is 0 Å². The number of rotatable bonds is 9. The lowest BCUT2D eigenvalue weighted by molar-refractivity contribution is -0.123. The van der Waals surface area contributed by atoms with Crippen LogP contribution in [0.2, 0.25) is 0 Å². The molecular formula is C20H25N3O3. The minimum Gasteiger partial charge on any atom is -0.497 e. The molecule has 2 rings (SSSR count). The number of amides is 2. The van der Waals surface area contributed by atoms with Gasteiger partial charge in [0.05, 0.1) is 7.11 Å². The number of carbonyl (C=O) groups excluding carboxylic acids is 2. The molecule has 138 valence electrons. The summed E-state index contributed by atoms with van der Waals surface area (Å²) in [5.74, 6) is 0.129. The molecule has 0 spiro atoms. The Balaban J connectivity index is 2.10. The van der Waals surface area contributed by atoms with Crippen molar-refractivity contribution in [1.82, 2.24) is 16.0 Å². The van der Waals surface area contributed by atoms with Crippen LogP contribution in [-0.2, 0) is 4.79 Å². The number of nitrogens with one attached hydrogen (secondary N) is 3. The molecule has 0 saturated carbocycles. The monoisotopic (exact) mass is 355 g/mol. The average Bonchev–Trinajstić information content (AvgIpc) is 2.69. The summed E-state index contributed by atoms with van der Waals surface area (Å²) in [5, 5.41) is 8.73. The van der Waals surface area contributed by atoms with E-state index in [-0.39, 0.29) is 11.8 Å². The molecule has 6 nitrogen and oxygen atoms in total. The zero-order valence-electron chi connectivity index (χ0n) is 15.1. The lowest BCUT2D eigenvalue weighted by Gasteiger charge is -2.19. The Labute approximate surface area is 153 Å². The van der Waals surface area contributed by atoms with Gasteiger partial charge in [-0.25, -0.2) is 0 Å². The number of benzene rings is 2. The molecule has 0 aliphatic heterocycles. The van der Waals surface area contributed by atoms with E-state index in [2.05, 4.69) is 16.0 Å². The highest BCUT2D eigenvalue weighted by atomic mass is 16.5. The number of ether oxygens (including phenoxy) is 1. The minimum absolute atomic E-state index is 0.228. The fourth-order valence-corrected chi connectivity index (χ4v) is 2.48. The van der Waals surface area contributed by atoms with Gasteiger partial charge in [-0.1, -0.05) is 30.3 Å². The summed E-state index contributed by atoms with van der Waals surface area (Å²) >= 11 is 0. The first-order valence-electron chi connectivity index (χ1n) is 8.58. The van der Waals surface area contributed by atoms with Gasteiger partial charge in [0, 0.05) is 12.1 Å². The molecule has 0 aliphatic rings. The first-order valence-corrected chi connectivity index (χ1v) is 8.58. The number of hydrogen-bond donors (Lipinski definition) is 3. The van der Waals surface area contributed by atoms with E-state index < -0.39 is 6.04 Å². The van der Waals surface area contributed by atoms with Crippen molar-refractivity contribution in [2.24, 2.45) is 0 Å². The second kappa shape index (κ2) is 10.2. The zero-order valence-corrected chi connectivity index (χ0v) is 15.1. The van der Waals surface area contributed by atoms with Crippen LogP contribution in [0, 0.1) is 0 Å². The summed E-state index contributed by atoms with van der Waals surface area (Å²) in [6.45, 7) is 1.36. The van der Waals surface area contributed by atoms with Crippen LogP contribution in [0.5, 0.6) is 5.75 Å². The van der Waals surface area contributed by atoms with Crippen molar-refractivity contribution in [1.29, 1.82) is 0 Å². The lowest BCUT2D eigenvalue weighted by atomic mass is 10.1. The Bertz CT molecular complexity index is 702. The van der Waals surface area contributed by atoms with Crippen LogP contribution in [0.1, 0.15) is 28.4 Å². The Hall–Kier alpha value is -2.86. The van der Waals surface area contributed by atoms with Crippen LogP contribution in [-0.4, -0.2) is 39.1 Å². The molecule has 6 heteroatoms. The summed E-state index contributed by atoms with van der Waals surface area (Å²) in [7, 11) is 3.43. The molecule has 2 aromatic rings. The summed E-state index contributed by atoms with van der Waals surface area (Å²) in [4.78, 5) is 25.2. The topological polar surface area (TPSA) is 79.5 Å². The Morgan fingerprint density at radius 3 is 2.31 bits per heavy atom. The third-order valence-corrected chi connectivity index (χ3v) is 3.93. The van der Waals surface area contributed by atoms with Crippen LogP contribution in [0.4, 0.5) is 0 Å². The summed E-state index contributed by atoms with van der Waals surface area (Å²) in [6, 6.07) is 15.2. The molecule has 0 saturated heterocycles. The molecule has 2 aromatic carbocycles. The maximum atomic E-state index is 12.6. The van der Waals surface area contributed by atoms with Gasteiger partial charge in [0.2, 0.25) is 5.91 Å². The maximum Gasteiger partial charge on any atom is 0.252 e. The van der Waals surface area contributed by atoms with E-state index in [0.29, 0.717) is 17.9 Å².